The van der Waals surface area contributed by atoms with Gasteiger partial charge in [-0.05, 0) is 30.5 Å². The van der Waals surface area contributed by atoms with Crippen LogP contribution in [-0.4, -0.2) is 102 Å². The number of carbonyl (C=O) groups excluding carboxylic acids is 6. The number of hydrogen-bond donors (Lipinski definition) is 11. The summed E-state index contributed by atoms with van der Waals surface area (Å²) in [5.41, 5.74) is 21.5. The van der Waals surface area contributed by atoms with E-state index in [2.05, 4.69) is 26.3 Å². The monoisotopic (exact) mass is 622 g/mol. The van der Waals surface area contributed by atoms with E-state index < -0.39 is 79.0 Å². The fourth-order valence-electron chi connectivity index (χ4n) is 3.59. The molecule has 0 aliphatic heterocycles. The minimum absolute atomic E-state index is 0.00533. The van der Waals surface area contributed by atoms with E-state index in [1.165, 1.54) is 24.3 Å². The Morgan fingerprint density at radius 3 is 1.95 bits per heavy atom. The van der Waals surface area contributed by atoms with E-state index in [4.69, 9.17) is 28.0 Å². The van der Waals surface area contributed by atoms with E-state index in [1.807, 2.05) is 5.32 Å². The molecule has 1 aromatic carbocycles. The van der Waals surface area contributed by atoms with Crippen LogP contribution in [0.2, 0.25) is 0 Å². The summed E-state index contributed by atoms with van der Waals surface area (Å²) >= 11 is 0. The van der Waals surface area contributed by atoms with E-state index in [1.54, 1.807) is 0 Å². The highest BCUT2D eigenvalue weighted by Gasteiger charge is 2.30. The van der Waals surface area contributed by atoms with Crippen molar-refractivity contribution in [1.29, 1.82) is 0 Å². The number of guanidine groups is 1. The van der Waals surface area contributed by atoms with E-state index in [0.29, 0.717) is 5.56 Å². The summed E-state index contributed by atoms with van der Waals surface area (Å²) in [5, 5.41) is 30.0. The van der Waals surface area contributed by atoms with Crippen LogP contribution in [0.1, 0.15) is 24.8 Å². The molecule has 1 aromatic rings. The SMILES string of the molecule is NCC(=O)NCC(=O)N[C@@H](CCCN=C(N)N)C(=O)N[C@@H](Cc1ccc(O)cc1)C(=O)N[C@@H](CC(N)=O)C(=O)NCC(=O)O. The predicted octanol–water partition coefficient (Wildman–Crippen LogP) is -5.41. The summed E-state index contributed by atoms with van der Waals surface area (Å²) in [4.78, 5) is 89.3. The number of nitrogens with zero attached hydrogens (tertiary/aromatic N) is 1. The van der Waals surface area contributed by atoms with Crippen molar-refractivity contribution >= 4 is 47.4 Å². The third-order valence-electron chi connectivity index (χ3n) is 5.69. The molecular formula is C25H38N10O9. The highest BCUT2D eigenvalue weighted by molar-refractivity contribution is 5.96. The smallest absolute Gasteiger partial charge is 0.322 e. The van der Waals surface area contributed by atoms with Crippen molar-refractivity contribution in [3.8, 4) is 5.75 Å². The zero-order valence-electron chi connectivity index (χ0n) is 23.7. The number of nitrogens with two attached hydrogens (primary N) is 4. The molecule has 15 N–H and O–H groups in total. The van der Waals surface area contributed by atoms with Gasteiger partial charge in [-0.2, -0.15) is 0 Å². The summed E-state index contributed by atoms with van der Waals surface area (Å²) in [6.07, 6.45) is -0.659. The molecule has 1 rings (SSSR count). The highest BCUT2D eigenvalue weighted by Crippen LogP contribution is 2.12. The number of phenolic OH excluding ortho intramolecular Hbond substituents is 1. The van der Waals surface area contributed by atoms with Crippen molar-refractivity contribution in [2.75, 3.05) is 26.2 Å². The Bertz CT molecular complexity index is 1220. The van der Waals surface area contributed by atoms with E-state index >= 15 is 0 Å². The van der Waals surface area contributed by atoms with Crippen LogP contribution in [-0.2, 0) is 40.0 Å². The molecule has 0 aromatic heterocycles. The molecule has 242 valence electrons. The Morgan fingerprint density at radius 2 is 1.39 bits per heavy atom. The lowest BCUT2D eigenvalue weighted by atomic mass is 10.0. The molecule has 0 saturated heterocycles. The van der Waals surface area contributed by atoms with Crippen molar-refractivity contribution in [3.05, 3.63) is 29.8 Å². The van der Waals surface area contributed by atoms with Gasteiger partial charge in [-0.3, -0.25) is 38.6 Å². The van der Waals surface area contributed by atoms with Crippen LogP contribution in [0.3, 0.4) is 0 Å². The maximum absolute atomic E-state index is 13.4. The van der Waals surface area contributed by atoms with Crippen molar-refractivity contribution in [1.82, 2.24) is 26.6 Å². The van der Waals surface area contributed by atoms with Gasteiger partial charge in [0.2, 0.25) is 35.4 Å². The van der Waals surface area contributed by atoms with E-state index in [0.717, 1.165) is 0 Å². The molecule has 0 aliphatic carbocycles. The summed E-state index contributed by atoms with van der Waals surface area (Å²) in [6.45, 7) is -1.56. The largest absolute Gasteiger partial charge is 0.508 e. The van der Waals surface area contributed by atoms with Crippen LogP contribution in [0, 0.1) is 0 Å². The molecule has 44 heavy (non-hydrogen) atoms. The Kier molecular flexibility index (Phi) is 15.7. The Hall–Kier alpha value is -5.46. The van der Waals surface area contributed by atoms with Gasteiger partial charge in [0, 0.05) is 13.0 Å². The number of carboxylic acid groups (broad SMARTS) is 1. The molecule has 0 radical (unpaired) electrons. The number of amides is 6. The number of phenols is 1. The highest BCUT2D eigenvalue weighted by atomic mass is 16.4. The van der Waals surface area contributed by atoms with Gasteiger partial charge >= 0.3 is 5.97 Å². The number of aliphatic carboxylic acids is 1. The van der Waals surface area contributed by atoms with Crippen LogP contribution in [0.25, 0.3) is 0 Å². The number of aliphatic imine (C=N–C) groups is 1. The number of rotatable bonds is 19. The van der Waals surface area contributed by atoms with Gasteiger partial charge in [0.15, 0.2) is 5.96 Å². The lowest BCUT2D eigenvalue weighted by Crippen LogP contribution is -2.58. The number of carbonyl (C=O) groups is 7. The van der Waals surface area contributed by atoms with Gasteiger partial charge in [0.25, 0.3) is 0 Å². The average Bonchev–Trinajstić information content (AvgIpc) is 2.95. The second-order valence-electron chi connectivity index (χ2n) is 9.32. The molecule has 0 saturated carbocycles. The number of aromatic hydroxyl groups is 1. The van der Waals surface area contributed by atoms with Gasteiger partial charge in [0.1, 0.15) is 30.4 Å². The van der Waals surface area contributed by atoms with Gasteiger partial charge in [-0.15, -0.1) is 0 Å². The summed E-state index contributed by atoms with van der Waals surface area (Å²) in [6, 6.07) is 1.37. The zero-order valence-corrected chi connectivity index (χ0v) is 23.7. The number of carboxylic acids is 1. The van der Waals surface area contributed by atoms with Gasteiger partial charge in [-0.1, -0.05) is 12.1 Å². The Morgan fingerprint density at radius 1 is 0.773 bits per heavy atom. The summed E-state index contributed by atoms with van der Waals surface area (Å²) < 4.78 is 0. The molecule has 0 bridgehead atoms. The number of hydrogen-bond acceptors (Lipinski definition) is 10. The molecule has 0 fully saturated rings. The van der Waals surface area contributed by atoms with Crippen LogP contribution in [0.15, 0.2) is 29.3 Å². The standard InChI is InChI=1S/C25H38N10O9/c26-10-19(38)31-11-20(39)33-15(2-1-7-30-25(28)29)23(43)34-16(8-13-3-5-14(36)6-4-13)24(44)35-17(9-18(27)37)22(42)32-12-21(40)41/h3-6,15-17,36H,1-2,7-12,26H2,(H2,27,37)(H,31,38)(H,32,42)(H,33,39)(H,34,43)(H,35,44)(H,40,41)(H4,28,29,30)/t15-,16-,17-/m0/s1. The molecule has 3 atom stereocenters. The first kappa shape index (κ1) is 36.6. The molecular weight excluding hydrogens is 584 g/mol. The Labute approximate surface area is 251 Å². The summed E-state index contributed by atoms with van der Waals surface area (Å²) in [7, 11) is 0. The van der Waals surface area contributed by atoms with Gasteiger partial charge < -0.3 is 59.7 Å². The van der Waals surface area contributed by atoms with Crippen LogP contribution < -0.4 is 49.5 Å². The lowest BCUT2D eigenvalue weighted by molar-refractivity contribution is -0.138. The maximum Gasteiger partial charge on any atom is 0.322 e. The summed E-state index contributed by atoms with van der Waals surface area (Å²) in [5.74, 6) is -6.79. The Balaban J connectivity index is 3.24. The van der Waals surface area contributed by atoms with Crippen LogP contribution >= 0.6 is 0 Å². The van der Waals surface area contributed by atoms with Gasteiger partial charge in [-0.25, -0.2) is 0 Å². The van der Waals surface area contributed by atoms with Gasteiger partial charge in [0.05, 0.1) is 19.5 Å². The third-order valence-corrected chi connectivity index (χ3v) is 5.69. The average molecular weight is 623 g/mol. The molecule has 19 nitrogen and oxygen atoms in total. The molecule has 0 spiro atoms. The molecule has 0 unspecified atom stereocenters. The predicted molar refractivity (Wildman–Crippen MR) is 154 cm³/mol. The molecule has 0 heterocycles. The number of nitrogens with one attached hydrogen (secondary N) is 5. The molecule has 19 heteroatoms. The minimum atomic E-state index is -1.58. The quantitative estimate of drug-likeness (QED) is 0.0391. The first-order valence-corrected chi connectivity index (χ1v) is 13.2. The van der Waals surface area contributed by atoms with Crippen LogP contribution in [0.5, 0.6) is 5.75 Å². The van der Waals surface area contributed by atoms with Crippen molar-refractivity contribution in [3.63, 3.8) is 0 Å². The zero-order chi connectivity index (χ0) is 33.2. The second kappa shape index (κ2) is 18.9. The van der Waals surface area contributed by atoms with E-state index in [-0.39, 0.29) is 44.1 Å². The fourth-order valence-corrected chi connectivity index (χ4v) is 3.59. The maximum atomic E-state index is 13.4. The fraction of sp³-hybridized carbons (Fsp3) is 0.440. The van der Waals surface area contributed by atoms with E-state index in [9.17, 15) is 38.7 Å². The van der Waals surface area contributed by atoms with Crippen molar-refractivity contribution < 1.29 is 43.8 Å². The topological polar surface area (TPSA) is 337 Å². The normalized spacial score (nSPS) is 12.4. The molecule has 6 amide bonds. The second-order valence-corrected chi connectivity index (χ2v) is 9.32. The van der Waals surface area contributed by atoms with Crippen molar-refractivity contribution in [2.24, 2.45) is 27.9 Å². The first-order valence-electron chi connectivity index (χ1n) is 13.2. The number of primary amides is 1. The van der Waals surface area contributed by atoms with Crippen LogP contribution in [0.4, 0.5) is 0 Å². The lowest BCUT2D eigenvalue weighted by Gasteiger charge is -2.25. The number of benzene rings is 1. The minimum Gasteiger partial charge on any atom is -0.508 e. The first-order chi connectivity index (χ1) is 20.7. The third kappa shape index (κ3) is 15.0. The molecule has 0 aliphatic rings. The van der Waals surface area contributed by atoms with Crippen molar-refractivity contribution in [2.45, 2.75) is 43.8 Å².